The Bertz CT molecular complexity index is 577. The molecule has 1 amide bonds. The number of halogens is 1. The molecule has 0 unspecified atom stereocenters. The topological polar surface area (TPSA) is 46.9 Å². The molecule has 2 aromatic rings. The third-order valence-corrected chi connectivity index (χ3v) is 3.27. The molecule has 0 radical (unpaired) electrons. The number of hydrogen-bond acceptors (Lipinski definition) is 2. The maximum Gasteiger partial charge on any atom is 0.234 e. The molecule has 0 fully saturated rings. The van der Waals surface area contributed by atoms with Crippen molar-refractivity contribution < 1.29 is 4.79 Å². The number of aromatic nitrogens is 2. The number of carbonyl (C=O) groups is 1. The van der Waals surface area contributed by atoms with E-state index in [4.69, 9.17) is 11.6 Å². The Hall–Kier alpha value is -1.55. The van der Waals surface area contributed by atoms with Crippen molar-refractivity contribution in [1.82, 2.24) is 14.9 Å². The van der Waals surface area contributed by atoms with E-state index < -0.39 is 0 Å². The summed E-state index contributed by atoms with van der Waals surface area (Å²) in [6.07, 6.45) is 0.786. The summed E-state index contributed by atoms with van der Waals surface area (Å²) in [5, 5.41) is 2.75. The fourth-order valence-electron chi connectivity index (χ4n) is 1.91. The number of nitrogens with one attached hydrogen (secondary N) is 1. The number of benzene rings is 1. The molecule has 1 aromatic carbocycles. The molecule has 0 atom stereocenters. The van der Waals surface area contributed by atoms with Gasteiger partial charge in [0.15, 0.2) is 0 Å². The Kier molecular flexibility index (Phi) is 3.87. The summed E-state index contributed by atoms with van der Waals surface area (Å²) in [6.45, 7) is 2.59. The number of alkyl halides is 1. The van der Waals surface area contributed by atoms with E-state index in [-0.39, 0.29) is 11.8 Å². The predicted octanol–water partition coefficient (Wildman–Crippen LogP) is 1.78. The van der Waals surface area contributed by atoms with Gasteiger partial charge in [-0.05, 0) is 31.0 Å². The van der Waals surface area contributed by atoms with E-state index in [1.165, 1.54) is 0 Å². The summed E-state index contributed by atoms with van der Waals surface area (Å²) in [5.41, 5.74) is 3.28. The van der Waals surface area contributed by atoms with Crippen LogP contribution in [0.3, 0.4) is 0 Å². The summed E-state index contributed by atoms with van der Waals surface area (Å²) >= 11 is 5.41. The van der Waals surface area contributed by atoms with Gasteiger partial charge in [0.1, 0.15) is 11.7 Å². The van der Waals surface area contributed by atoms with E-state index in [1.54, 1.807) is 0 Å². The monoisotopic (exact) mass is 265 g/mol. The molecule has 96 valence electrons. The van der Waals surface area contributed by atoms with Gasteiger partial charge in [-0.25, -0.2) is 4.98 Å². The van der Waals surface area contributed by atoms with Gasteiger partial charge in [0.25, 0.3) is 0 Å². The number of aryl methyl sites for hydroxylation is 2. The van der Waals surface area contributed by atoms with Crippen LogP contribution in [0.4, 0.5) is 0 Å². The van der Waals surface area contributed by atoms with E-state index in [1.807, 2.05) is 14.0 Å². The Labute approximate surface area is 111 Å². The maximum atomic E-state index is 11.0. The van der Waals surface area contributed by atoms with Gasteiger partial charge in [0.2, 0.25) is 5.91 Å². The van der Waals surface area contributed by atoms with Gasteiger partial charge < -0.3 is 9.88 Å². The van der Waals surface area contributed by atoms with Gasteiger partial charge in [-0.3, -0.25) is 4.79 Å². The van der Waals surface area contributed by atoms with Crippen molar-refractivity contribution in [3.05, 3.63) is 29.6 Å². The molecule has 4 nitrogen and oxygen atoms in total. The maximum absolute atomic E-state index is 11.0. The van der Waals surface area contributed by atoms with Crippen LogP contribution in [-0.4, -0.2) is 27.9 Å². The Morgan fingerprint density at radius 2 is 2.28 bits per heavy atom. The quantitative estimate of drug-likeness (QED) is 0.857. The lowest BCUT2D eigenvalue weighted by atomic mass is 10.1. The fraction of sp³-hybridized carbons (Fsp3) is 0.385. The minimum atomic E-state index is -0.133. The summed E-state index contributed by atoms with van der Waals surface area (Å²) < 4.78 is 2.06. The van der Waals surface area contributed by atoms with Crippen molar-refractivity contribution in [1.29, 1.82) is 0 Å². The van der Waals surface area contributed by atoms with Crippen LogP contribution in [0.15, 0.2) is 18.2 Å². The highest BCUT2D eigenvalue weighted by atomic mass is 35.5. The van der Waals surface area contributed by atoms with Crippen LogP contribution < -0.4 is 5.32 Å². The normalized spacial score (nSPS) is 10.8. The van der Waals surface area contributed by atoms with Crippen LogP contribution in [0.2, 0.25) is 0 Å². The highest BCUT2D eigenvalue weighted by molar-refractivity contribution is 6.27. The second kappa shape index (κ2) is 5.40. The zero-order chi connectivity index (χ0) is 13.1. The third kappa shape index (κ3) is 2.64. The number of fused-ring (bicyclic) bond motifs is 1. The second-order valence-corrected chi connectivity index (χ2v) is 4.54. The lowest BCUT2D eigenvalue weighted by molar-refractivity contribution is -0.118. The lowest BCUT2D eigenvalue weighted by Crippen LogP contribution is -2.26. The minimum absolute atomic E-state index is 0.0124. The zero-order valence-electron chi connectivity index (χ0n) is 10.5. The van der Waals surface area contributed by atoms with Crippen molar-refractivity contribution >= 4 is 28.5 Å². The van der Waals surface area contributed by atoms with Crippen molar-refractivity contribution in [2.45, 2.75) is 13.3 Å². The van der Waals surface area contributed by atoms with Crippen LogP contribution in [-0.2, 0) is 18.3 Å². The molecule has 0 aliphatic rings. The molecular weight excluding hydrogens is 250 g/mol. The lowest BCUT2D eigenvalue weighted by Gasteiger charge is -2.03. The smallest absolute Gasteiger partial charge is 0.234 e. The predicted molar refractivity (Wildman–Crippen MR) is 72.9 cm³/mol. The van der Waals surface area contributed by atoms with E-state index in [2.05, 4.69) is 33.1 Å². The molecule has 2 rings (SSSR count). The average molecular weight is 266 g/mol. The summed E-state index contributed by atoms with van der Waals surface area (Å²) in [7, 11) is 2.00. The van der Waals surface area contributed by atoms with Crippen molar-refractivity contribution in [2.24, 2.45) is 7.05 Å². The molecule has 5 heteroatoms. The summed E-state index contributed by atoms with van der Waals surface area (Å²) in [4.78, 5) is 15.5. The van der Waals surface area contributed by atoms with Crippen LogP contribution in [0.1, 0.15) is 11.4 Å². The molecule has 0 bridgehead atoms. The first-order chi connectivity index (χ1) is 8.61. The SMILES string of the molecule is Cc1nc2cc(CCNC(=O)CCl)ccc2n1C. The van der Waals surface area contributed by atoms with Gasteiger partial charge in [0.05, 0.1) is 11.0 Å². The van der Waals surface area contributed by atoms with Gasteiger partial charge in [0, 0.05) is 13.6 Å². The molecule has 0 aliphatic heterocycles. The van der Waals surface area contributed by atoms with Gasteiger partial charge >= 0.3 is 0 Å². The Morgan fingerprint density at radius 1 is 1.50 bits per heavy atom. The number of amides is 1. The Balaban J connectivity index is 2.08. The van der Waals surface area contributed by atoms with E-state index >= 15 is 0 Å². The minimum Gasteiger partial charge on any atom is -0.355 e. The summed E-state index contributed by atoms with van der Waals surface area (Å²) in [5.74, 6) is 0.877. The molecule has 18 heavy (non-hydrogen) atoms. The second-order valence-electron chi connectivity index (χ2n) is 4.27. The van der Waals surface area contributed by atoms with E-state index in [9.17, 15) is 4.79 Å². The number of rotatable bonds is 4. The van der Waals surface area contributed by atoms with Crippen LogP contribution in [0, 0.1) is 6.92 Å². The molecule has 0 saturated heterocycles. The number of carbonyl (C=O) groups excluding carboxylic acids is 1. The average Bonchev–Trinajstić information content (AvgIpc) is 2.64. The summed E-state index contributed by atoms with van der Waals surface area (Å²) in [6, 6.07) is 6.19. The van der Waals surface area contributed by atoms with E-state index in [0.717, 1.165) is 28.8 Å². The van der Waals surface area contributed by atoms with Gasteiger partial charge in [-0.1, -0.05) is 6.07 Å². The molecule has 0 aliphatic carbocycles. The van der Waals surface area contributed by atoms with E-state index in [0.29, 0.717) is 6.54 Å². The molecular formula is C13H16ClN3O. The standard InChI is InChI=1S/C13H16ClN3O/c1-9-16-11-7-10(3-4-12(11)17(9)2)5-6-15-13(18)8-14/h3-4,7H,5-6,8H2,1-2H3,(H,15,18). The van der Waals surface area contributed by atoms with Gasteiger partial charge in [-0.15, -0.1) is 11.6 Å². The van der Waals surface area contributed by atoms with Crippen molar-refractivity contribution in [3.8, 4) is 0 Å². The van der Waals surface area contributed by atoms with Crippen molar-refractivity contribution in [2.75, 3.05) is 12.4 Å². The first kappa shape index (κ1) is 12.9. The zero-order valence-corrected chi connectivity index (χ0v) is 11.3. The highest BCUT2D eigenvalue weighted by Gasteiger charge is 2.05. The molecule has 1 aromatic heterocycles. The fourth-order valence-corrected chi connectivity index (χ4v) is 2.01. The molecule has 1 heterocycles. The van der Waals surface area contributed by atoms with Crippen molar-refractivity contribution in [3.63, 3.8) is 0 Å². The molecule has 1 N–H and O–H groups in total. The van der Waals surface area contributed by atoms with Crippen LogP contribution in [0.5, 0.6) is 0 Å². The highest BCUT2D eigenvalue weighted by Crippen LogP contribution is 2.16. The first-order valence-electron chi connectivity index (χ1n) is 5.86. The Morgan fingerprint density at radius 3 is 3.00 bits per heavy atom. The third-order valence-electron chi connectivity index (χ3n) is 3.03. The van der Waals surface area contributed by atoms with Crippen LogP contribution >= 0.6 is 11.6 Å². The first-order valence-corrected chi connectivity index (χ1v) is 6.40. The molecule has 0 spiro atoms. The largest absolute Gasteiger partial charge is 0.355 e. The number of hydrogen-bond donors (Lipinski definition) is 1. The van der Waals surface area contributed by atoms with Crippen LogP contribution in [0.25, 0.3) is 11.0 Å². The van der Waals surface area contributed by atoms with Gasteiger partial charge in [-0.2, -0.15) is 0 Å². The molecule has 0 saturated carbocycles. The number of nitrogens with zero attached hydrogens (tertiary/aromatic N) is 2. The number of imidazole rings is 1.